The fourth-order valence-corrected chi connectivity index (χ4v) is 3.27. The van der Waals surface area contributed by atoms with Crippen LogP contribution in [0.25, 0.3) is 0 Å². The van der Waals surface area contributed by atoms with Crippen LogP contribution in [0.5, 0.6) is 0 Å². The first-order chi connectivity index (χ1) is 8.33. The SMILES string of the molecule is CCCCCCCCCCC1(NC)CCCC1. The van der Waals surface area contributed by atoms with Crippen LogP contribution in [0.4, 0.5) is 0 Å². The molecule has 0 aliphatic heterocycles. The number of nitrogens with one attached hydrogen (secondary N) is 1. The largest absolute Gasteiger partial charge is 0.314 e. The van der Waals surface area contributed by atoms with Crippen molar-refractivity contribution in [2.45, 2.75) is 95.9 Å². The molecule has 0 bridgehead atoms. The fraction of sp³-hybridized carbons (Fsp3) is 1.00. The molecule has 0 spiro atoms. The minimum atomic E-state index is 0.530. The topological polar surface area (TPSA) is 12.0 Å². The molecular weight excluding hydrogens is 206 g/mol. The zero-order valence-corrected chi connectivity index (χ0v) is 12.2. The lowest BCUT2D eigenvalue weighted by atomic mass is 9.90. The van der Waals surface area contributed by atoms with E-state index in [1.807, 2.05) is 0 Å². The van der Waals surface area contributed by atoms with Crippen molar-refractivity contribution in [3.8, 4) is 0 Å². The molecule has 0 saturated heterocycles. The van der Waals surface area contributed by atoms with Crippen molar-refractivity contribution < 1.29 is 0 Å². The van der Waals surface area contributed by atoms with Gasteiger partial charge in [0.25, 0.3) is 0 Å². The molecule has 0 amide bonds. The first-order valence-electron chi connectivity index (χ1n) is 8.02. The van der Waals surface area contributed by atoms with Gasteiger partial charge >= 0.3 is 0 Å². The Balaban J connectivity index is 1.92. The zero-order chi connectivity index (χ0) is 12.4. The van der Waals surface area contributed by atoms with Gasteiger partial charge in [-0.05, 0) is 26.3 Å². The highest BCUT2D eigenvalue weighted by molar-refractivity contribution is 4.91. The normalized spacial score (nSPS) is 18.7. The average molecular weight is 239 g/mol. The minimum absolute atomic E-state index is 0.530. The number of hydrogen-bond acceptors (Lipinski definition) is 1. The standard InChI is InChI=1S/C16H33N/c1-3-4-5-6-7-8-9-10-13-16(17-2)14-11-12-15-16/h17H,3-15H2,1-2H3. The molecule has 1 nitrogen and oxygen atoms in total. The lowest BCUT2D eigenvalue weighted by molar-refractivity contribution is 0.319. The highest BCUT2D eigenvalue weighted by Crippen LogP contribution is 2.33. The van der Waals surface area contributed by atoms with Crippen molar-refractivity contribution >= 4 is 0 Å². The lowest BCUT2D eigenvalue weighted by Crippen LogP contribution is -2.39. The molecule has 1 saturated carbocycles. The summed E-state index contributed by atoms with van der Waals surface area (Å²) in [4.78, 5) is 0. The second-order valence-electron chi connectivity index (χ2n) is 5.96. The summed E-state index contributed by atoms with van der Waals surface area (Å²) in [5.74, 6) is 0. The van der Waals surface area contributed by atoms with Crippen molar-refractivity contribution in [1.82, 2.24) is 5.32 Å². The molecule has 0 aromatic heterocycles. The van der Waals surface area contributed by atoms with E-state index in [1.165, 1.54) is 83.5 Å². The second kappa shape index (κ2) is 8.97. The molecule has 0 heterocycles. The molecule has 1 aliphatic carbocycles. The molecule has 0 unspecified atom stereocenters. The van der Waals surface area contributed by atoms with Gasteiger partial charge in [0.05, 0.1) is 0 Å². The summed E-state index contributed by atoms with van der Waals surface area (Å²) >= 11 is 0. The van der Waals surface area contributed by atoms with Crippen molar-refractivity contribution in [2.75, 3.05) is 7.05 Å². The number of unbranched alkanes of at least 4 members (excludes halogenated alkanes) is 7. The quantitative estimate of drug-likeness (QED) is 0.526. The van der Waals surface area contributed by atoms with Gasteiger partial charge in [-0.25, -0.2) is 0 Å². The van der Waals surface area contributed by atoms with E-state index in [4.69, 9.17) is 0 Å². The molecule has 1 N–H and O–H groups in total. The van der Waals surface area contributed by atoms with Gasteiger partial charge in [0.15, 0.2) is 0 Å². The lowest BCUT2D eigenvalue weighted by Gasteiger charge is -2.28. The Labute approximate surface area is 109 Å². The van der Waals surface area contributed by atoms with Gasteiger partial charge in [-0.15, -0.1) is 0 Å². The highest BCUT2D eigenvalue weighted by Gasteiger charge is 2.30. The first-order valence-corrected chi connectivity index (χ1v) is 8.02. The van der Waals surface area contributed by atoms with Gasteiger partial charge in [0, 0.05) is 5.54 Å². The molecule has 1 fully saturated rings. The minimum Gasteiger partial charge on any atom is -0.314 e. The van der Waals surface area contributed by atoms with Crippen molar-refractivity contribution in [3.05, 3.63) is 0 Å². The van der Waals surface area contributed by atoms with Gasteiger partial charge in [-0.1, -0.05) is 71.1 Å². The Morgan fingerprint density at radius 1 is 0.824 bits per heavy atom. The molecule has 0 aromatic rings. The maximum absolute atomic E-state index is 3.60. The van der Waals surface area contributed by atoms with Crippen LogP contribution in [-0.4, -0.2) is 12.6 Å². The van der Waals surface area contributed by atoms with Crippen molar-refractivity contribution in [1.29, 1.82) is 0 Å². The van der Waals surface area contributed by atoms with Crippen molar-refractivity contribution in [3.63, 3.8) is 0 Å². The van der Waals surface area contributed by atoms with E-state index in [0.717, 1.165) is 0 Å². The van der Waals surface area contributed by atoms with E-state index in [1.54, 1.807) is 0 Å². The summed E-state index contributed by atoms with van der Waals surface area (Å²) in [6, 6.07) is 0. The monoisotopic (exact) mass is 239 g/mol. The molecule has 102 valence electrons. The van der Waals surface area contributed by atoms with Crippen LogP contribution in [0, 0.1) is 0 Å². The van der Waals surface area contributed by atoms with Crippen molar-refractivity contribution in [2.24, 2.45) is 0 Å². The van der Waals surface area contributed by atoms with E-state index in [-0.39, 0.29) is 0 Å². The summed E-state index contributed by atoms with van der Waals surface area (Å²) in [5.41, 5.74) is 0.530. The third-order valence-corrected chi connectivity index (χ3v) is 4.60. The summed E-state index contributed by atoms with van der Waals surface area (Å²) in [7, 11) is 2.16. The van der Waals surface area contributed by atoms with Crippen LogP contribution in [0.15, 0.2) is 0 Å². The summed E-state index contributed by atoms with van der Waals surface area (Å²) < 4.78 is 0. The van der Waals surface area contributed by atoms with E-state index in [2.05, 4.69) is 19.3 Å². The average Bonchev–Trinajstić information content (AvgIpc) is 2.82. The van der Waals surface area contributed by atoms with Gasteiger partial charge < -0.3 is 5.32 Å². The molecule has 1 rings (SSSR count). The van der Waals surface area contributed by atoms with E-state index >= 15 is 0 Å². The smallest absolute Gasteiger partial charge is 0.0178 e. The molecule has 1 heteroatoms. The zero-order valence-electron chi connectivity index (χ0n) is 12.2. The van der Waals surface area contributed by atoms with Gasteiger partial charge in [-0.2, -0.15) is 0 Å². The van der Waals surface area contributed by atoms with E-state index < -0.39 is 0 Å². The predicted molar refractivity (Wildman–Crippen MR) is 77.5 cm³/mol. The Kier molecular flexibility index (Phi) is 7.92. The maximum Gasteiger partial charge on any atom is 0.0178 e. The molecular formula is C16H33N. The second-order valence-corrected chi connectivity index (χ2v) is 5.96. The Hall–Kier alpha value is -0.0400. The predicted octanol–water partition coefficient (Wildman–Crippen LogP) is 5.05. The molecule has 0 aromatic carbocycles. The third kappa shape index (κ3) is 5.90. The van der Waals surface area contributed by atoms with Crippen LogP contribution in [-0.2, 0) is 0 Å². The van der Waals surface area contributed by atoms with Crippen LogP contribution in [0.2, 0.25) is 0 Å². The Morgan fingerprint density at radius 2 is 1.35 bits per heavy atom. The van der Waals surface area contributed by atoms with E-state index in [0.29, 0.717) is 5.54 Å². The number of rotatable bonds is 10. The number of hydrogen-bond donors (Lipinski definition) is 1. The third-order valence-electron chi connectivity index (χ3n) is 4.60. The fourth-order valence-electron chi connectivity index (χ4n) is 3.27. The highest BCUT2D eigenvalue weighted by atomic mass is 14.9. The van der Waals surface area contributed by atoms with Gasteiger partial charge in [0.1, 0.15) is 0 Å². The van der Waals surface area contributed by atoms with Crippen LogP contribution in [0.1, 0.15) is 90.4 Å². The Bertz CT molecular complexity index is 170. The Morgan fingerprint density at radius 3 is 1.88 bits per heavy atom. The van der Waals surface area contributed by atoms with E-state index in [9.17, 15) is 0 Å². The van der Waals surface area contributed by atoms with Gasteiger partial charge in [-0.3, -0.25) is 0 Å². The van der Waals surface area contributed by atoms with Gasteiger partial charge in [0.2, 0.25) is 0 Å². The maximum atomic E-state index is 3.60. The molecule has 1 aliphatic rings. The van der Waals surface area contributed by atoms with Crippen LogP contribution >= 0.6 is 0 Å². The first kappa shape index (κ1) is 15.0. The summed E-state index contributed by atoms with van der Waals surface area (Å²) in [5, 5.41) is 3.60. The molecule has 0 atom stereocenters. The summed E-state index contributed by atoms with van der Waals surface area (Å²) in [6.45, 7) is 2.29. The van der Waals surface area contributed by atoms with Crippen LogP contribution in [0.3, 0.4) is 0 Å². The summed E-state index contributed by atoms with van der Waals surface area (Å²) in [6.07, 6.45) is 18.7. The molecule has 17 heavy (non-hydrogen) atoms. The molecule has 0 radical (unpaired) electrons. The van der Waals surface area contributed by atoms with Crippen LogP contribution < -0.4 is 5.32 Å².